The van der Waals surface area contributed by atoms with E-state index < -0.39 is 10.0 Å². The molecule has 0 atom stereocenters. The monoisotopic (exact) mass is 456 g/mol. The number of sulfonamides is 1. The Kier molecular flexibility index (Phi) is 6.00. The van der Waals surface area contributed by atoms with Crippen LogP contribution >= 0.6 is 0 Å². The summed E-state index contributed by atoms with van der Waals surface area (Å²) >= 11 is 0. The second-order valence-electron chi connectivity index (χ2n) is 8.29. The molecule has 32 heavy (non-hydrogen) atoms. The minimum absolute atomic E-state index is 0.0197. The molecule has 0 saturated carbocycles. The Hall–Kier alpha value is -2.85. The van der Waals surface area contributed by atoms with Crippen LogP contribution in [-0.4, -0.2) is 69.3 Å². The maximum absolute atomic E-state index is 13.1. The number of aromatic nitrogens is 4. The molecule has 0 bridgehead atoms. The third kappa shape index (κ3) is 4.12. The first-order chi connectivity index (χ1) is 15.2. The van der Waals surface area contributed by atoms with E-state index in [2.05, 4.69) is 15.1 Å². The van der Waals surface area contributed by atoms with E-state index in [0.29, 0.717) is 49.7 Å². The van der Waals surface area contributed by atoms with E-state index in [4.69, 9.17) is 0 Å². The minimum atomic E-state index is -3.57. The highest BCUT2D eigenvalue weighted by molar-refractivity contribution is 7.89. The van der Waals surface area contributed by atoms with Crippen molar-refractivity contribution in [1.82, 2.24) is 28.8 Å². The van der Waals surface area contributed by atoms with Crippen molar-refractivity contribution in [3.63, 3.8) is 0 Å². The molecule has 3 aromatic rings. The Bertz CT molecular complexity index is 1280. The van der Waals surface area contributed by atoms with Crippen LogP contribution in [0, 0.1) is 27.7 Å². The molecule has 0 N–H and O–H groups in total. The predicted octanol–water partition coefficient (Wildman–Crippen LogP) is 1.82. The zero-order chi connectivity index (χ0) is 23.0. The summed E-state index contributed by atoms with van der Waals surface area (Å²) in [4.78, 5) is 23.5. The summed E-state index contributed by atoms with van der Waals surface area (Å²) in [5.74, 6) is 0.572. The number of hydrogen-bond donors (Lipinski definition) is 0. The molecule has 1 fully saturated rings. The number of piperazine rings is 1. The molecule has 1 saturated heterocycles. The molecule has 3 heterocycles. The summed E-state index contributed by atoms with van der Waals surface area (Å²) < 4.78 is 29.4. The van der Waals surface area contributed by atoms with Gasteiger partial charge in [-0.25, -0.2) is 17.9 Å². The van der Waals surface area contributed by atoms with E-state index in [9.17, 15) is 13.2 Å². The molecule has 1 aromatic carbocycles. The van der Waals surface area contributed by atoms with Crippen molar-refractivity contribution >= 4 is 21.7 Å². The Balaban J connectivity index is 1.39. The Morgan fingerprint density at radius 2 is 1.78 bits per heavy atom. The lowest BCUT2D eigenvalue weighted by Gasteiger charge is -2.34. The smallest absolute Gasteiger partial charge is 0.252 e. The number of carbonyl (C=O) groups excluding carboxylic acids is 1. The van der Waals surface area contributed by atoms with Crippen LogP contribution in [-0.2, 0) is 21.2 Å². The summed E-state index contributed by atoms with van der Waals surface area (Å²) in [6.07, 6.45) is 2.36. The largest absolute Gasteiger partial charge is 0.340 e. The quantitative estimate of drug-likeness (QED) is 0.581. The molecule has 4 rings (SSSR count). The second-order valence-corrected chi connectivity index (χ2v) is 10.2. The van der Waals surface area contributed by atoms with Crippen molar-refractivity contribution in [1.29, 1.82) is 0 Å². The van der Waals surface area contributed by atoms with Crippen LogP contribution in [0.15, 0.2) is 29.4 Å². The molecule has 0 spiro atoms. The van der Waals surface area contributed by atoms with Crippen LogP contribution < -0.4 is 0 Å². The molecule has 0 aliphatic carbocycles. The van der Waals surface area contributed by atoms with Crippen molar-refractivity contribution in [2.75, 3.05) is 26.2 Å². The van der Waals surface area contributed by atoms with Gasteiger partial charge in [0, 0.05) is 44.0 Å². The highest BCUT2D eigenvalue weighted by atomic mass is 32.2. The Morgan fingerprint density at radius 1 is 1.06 bits per heavy atom. The van der Waals surface area contributed by atoms with Crippen molar-refractivity contribution in [3.05, 3.63) is 52.6 Å². The number of carbonyl (C=O) groups is 1. The summed E-state index contributed by atoms with van der Waals surface area (Å²) in [6, 6.07) is 5.45. The fraction of sp³-hybridized carbons (Fsp3) is 0.455. The van der Waals surface area contributed by atoms with Gasteiger partial charge >= 0.3 is 0 Å². The van der Waals surface area contributed by atoms with Gasteiger partial charge in [-0.05, 0) is 56.9 Å². The first kappa shape index (κ1) is 22.3. The van der Waals surface area contributed by atoms with Crippen LogP contribution in [0.25, 0.3) is 5.78 Å². The van der Waals surface area contributed by atoms with Crippen molar-refractivity contribution in [2.24, 2.45) is 0 Å². The molecule has 1 amide bonds. The third-order valence-corrected chi connectivity index (χ3v) is 8.17. The summed E-state index contributed by atoms with van der Waals surface area (Å²) in [6.45, 7) is 8.93. The van der Waals surface area contributed by atoms with Crippen LogP contribution in [0.1, 0.15) is 34.5 Å². The minimum Gasteiger partial charge on any atom is -0.340 e. The zero-order valence-electron chi connectivity index (χ0n) is 18.9. The Morgan fingerprint density at radius 3 is 2.50 bits per heavy atom. The summed E-state index contributed by atoms with van der Waals surface area (Å²) in [5.41, 5.74) is 4.42. The number of fused-ring (bicyclic) bond motifs is 1. The van der Waals surface area contributed by atoms with E-state index in [-0.39, 0.29) is 5.91 Å². The van der Waals surface area contributed by atoms with E-state index >= 15 is 0 Å². The van der Waals surface area contributed by atoms with Gasteiger partial charge in [0.1, 0.15) is 6.33 Å². The fourth-order valence-corrected chi connectivity index (χ4v) is 5.94. The first-order valence-electron chi connectivity index (χ1n) is 10.7. The highest BCUT2D eigenvalue weighted by Gasteiger charge is 2.31. The molecule has 0 radical (unpaired) electrons. The van der Waals surface area contributed by atoms with Crippen LogP contribution in [0.2, 0.25) is 0 Å². The van der Waals surface area contributed by atoms with E-state index in [1.165, 1.54) is 10.6 Å². The van der Waals surface area contributed by atoms with Crippen molar-refractivity contribution in [2.45, 2.75) is 45.4 Å². The van der Waals surface area contributed by atoms with Crippen LogP contribution in [0.3, 0.4) is 0 Å². The second kappa shape index (κ2) is 8.59. The highest BCUT2D eigenvalue weighted by Crippen LogP contribution is 2.23. The molecular weight excluding hydrogens is 428 g/mol. The van der Waals surface area contributed by atoms with Crippen LogP contribution in [0.5, 0.6) is 0 Å². The maximum atomic E-state index is 13.1. The predicted molar refractivity (Wildman–Crippen MR) is 120 cm³/mol. The fourth-order valence-electron chi connectivity index (χ4n) is 4.21. The molecule has 1 aliphatic rings. The molecule has 0 unspecified atom stereocenters. The topological polar surface area (TPSA) is 101 Å². The SMILES string of the molecule is Cc1ccc(C)c(S(=O)(=O)N2CCN(C(=O)CCc3c(C)nc4ncnn4c3C)CC2)c1. The summed E-state index contributed by atoms with van der Waals surface area (Å²) in [7, 11) is -3.57. The lowest BCUT2D eigenvalue weighted by atomic mass is 10.1. The van der Waals surface area contributed by atoms with Gasteiger partial charge in [-0.15, -0.1) is 0 Å². The average Bonchev–Trinajstić information content (AvgIpc) is 3.23. The van der Waals surface area contributed by atoms with Gasteiger partial charge in [0.05, 0.1) is 4.90 Å². The number of rotatable bonds is 5. The van der Waals surface area contributed by atoms with Crippen molar-refractivity contribution in [3.8, 4) is 0 Å². The zero-order valence-corrected chi connectivity index (χ0v) is 19.7. The first-order valence-corrected chi connectivity index (χ1v) is 12.1. The standard InChI is InChI=1S/C22H28N6O3S/c1-15-5-6-16(2)20(13-15)32(30,31)27-11-9-26(10-12-27)21(29)8-7-19-17(3)25-22-23-14-24-28(22)18(19)4/h5-6,13-14H,7-12H2,1-4H3. The van der Waals surface area contributed by atoms with Gasteiger partial charge in [-0.2, -0.15) is 14.4 Å². The van der Waals surface area contributed by atoms with E-state index in [0.717, 1.165) is 28.1 Å². The van der Waals surface area contributed by atoms with Gasteiger partial charge < -0.3 is 4.90 Å². The molecule has 10 heteroatoms. The third-order valence-electron chi connectivity index (χ3n) is 6.13. The lowest BCUT2D eigenvalue weighted by molar-refractivity contribution is -0.132. The van der Waals surface area contributed by atoms with Gasteiger partial charge in [-0.3, -0.25) is 4.79 Å². The Labute approximate surface area is 188 Å². The number of aryl methyl sites for hydroxylation is 4. The van der Waals surface area contributed by atoms with Gasteiger partial charge in [0.2, 0.25) is 15.9 Å². The van der Waals surface area contributed by atoms with E-state index in [1.807, 2.05) is 39.8 Å². The molecular formula is C22H28N6O3S. The number of amides is 1. The molecule has 1 aliphatic heterocycles. The maximum Gasteiger partial charge on any atom is 0.252 e. The average molecular weight is 457 g/mol. The lowest BCUT2D eigenvalue weighted by Crippen LogP contribution is -2.50. The number of benzene rings is 1. The summed E-state index contributed by atoms with van der Waals surface area (Å²) in [5, 5.41) is 4.19. The normalized spacial score (nSPS) is 15.4. The van der Waals surface area contributed by atoms with Crippen molar-refractivity contribution < 1.29 is 13.2 Å². The van der Waals surface area contributed by atoms with Gasteiger partial charge in [0.25, 0.3) is 5.78 Å². The van der Waals surface area contributed by atoms with Crippen LogP contribution in [0.4, 0.5) is 0 Å². The number of nitrogens with zero attached hydrogens (tertiary/aromatic N) is 6. The molecule has 170 valence electrons. The van der Waals surface area contributed by atoms with Gasteiger partial charge in [0.15, 0.2) is 0 Å². The molecule has 2 aromatic heterocycles. The molecule has 9 nitrogen and oxygen atoms in total. The number of hydrogen-bond acceptors (Lipinski definition) is 6. The van der Waals surface area contributed by atoms with Gasteiger partial charge in [-0.1, -0.05) is 12.1 Å². The van der Waals surface area contributed by atoms with E-state index in [1.54, 1.807) is 15.5 Å².